The van der Waals surface area contributed by atoms with Crippen molar-refractivity contribution in [3.63, 3.8) is 0 Å². The second kappa shape index (κ2) is 10.1. The predicted molar refractivity (Wildman–Crippen MR) is 125 cm³/mol. The molecule has 1 saturated heterocycles. The molecule has 3 aromatic heterocycles. The normalized spacial score (nSPS) is 15.2. The molecule has 0 saturated carbocycles. The van der Waals surface area contributed by atoms with Crippen LogP contribution in [0.3, 0.4) is 0 Å². The Hall–Kier alpha value is -2.69. The number of nitrogens with zero attached hydrogens (tertiary/aromatic N) is 4. The number of piperidine rings is 1. The highest BCUT2D eigenvalue weighted by molar-refractivity contribution is 7.19. The third-order valence-corrected chi connectivity index (χ3v) is 6.93. The molecule has 0 atom stereocenters. The smallest absolute Gasteiger partial charge is 0.356 e. The van der Waals surface area contributed by atoms with E-state index in [9.17, 15) is 9.59 Å². The van der Waals surface area contributed by atoms with Gasteiger partial charge in [-0.3, -0.25) is 9.48 Å². The summed E-state index contributed by atoms with van der Waals surface area (Å²) in [4.78, 5) is 28.4. The molecule has 1 N–H and O–H groups in total. The molecule has 176 valence electrons. The highest BCUT2D eigenvalue weighted by Gasteiger charge is 2.25. The predicted octanol–water partition coefficient (Wildman–Crippen LogP) is 3.69. The van der Waals surface area contributed by atoms with Gasteiger partial charge in [0, 0.05) is 37.3 Å². The first-order valence-electron chi connectivity index (χ1n) is 10.8. The maximum absolute atomic E-state index is 12.9. The third-order valence-electron chi connectivity index (χ3n) is 5.69. The Morgan fingerprint density at radius 3 is 2.70 bits per heavy atom. The SMILES string of the molecule is COC(=O)c1cc(C(=O)NC2CCN(C(C)C)CC2)nn1Cc1cc(-c2ccc(Cl)s2)on1. The molecule has 0 spiro atoms. The van der Waals surface area contributed by atoms with Crippen LogP contribution in [0, 0.1) is 0 Å². The summed E-state index contributed by atoms with van der Waals surface area (Å²) in [6.45, 7) is 6.37. The first-order chi connectivity index (χ1) is 15.8. The number of methoxy groups -OCH3 is 1. The Balaban J connectivity index is 1.47. The van der Waals surface area contributed by atoms with Crippen LogP contribution in [0.1, 0.15) is 53.4 Å². The van der Waals surface area contributed by atoms with E-state index in [2.05, 4.69) is 34.3 Å². The van der Waals surface area contributed by atoms with Gasteiger partial charge in [-0.2, -0.15) is 5.10 Å². The number of aromatic nitrogens is 3. The molecule has 11 heteroatoms. The number of ether oxygens (including phenoxy) is 1. The van der Waals surface area contributed by atoms with Crippen LogP contribution < -0.4 is 5.32 Å². The number of carbonyl (C=O) groups excluding carboxylic acids is 2. The first kappa shape index (κ1) is 23.5. The van der Waals surface area contributed by atoms with Crippen LogP contribution in [-0.4, -0.2) is 64.0 Å². The topological polar surface area (TPSA) is 102 Å². The molecule has 9 nitrogen and oxygen atoms in total. The van der Waals surface area contributed by atoms with Crippen molar-refractivity contribution in [2.24, 2.45) is 0 Å². The molecule has 1 aliphatic rings. The highest BCUT2D eigenvalue weighted by Crippen LogP contribution is 2.31. The van der Waals surface area contributed by atoms with E-state index in [4.69, 9.17) is 20.9 Å². The van der Waals surface area contributed by atoms with Gasteiger partial charge < -0.3 is 19.5 Å². The van der Waals surface area contributed by atoms with E-state index in [1.165, 1.54) is 29.2 Å². The van der Waals surface area contributed by atoms with Gasteiger partial charge in [-0.15, -0.1) is 11.3 Å². The first-order valence-corrected chi connectivity index (χ1v) is 12.0. The standard InChI is InChI=1S/C22H26ClN5O4S/c1-13(2)27-8-6-14(7-9-27)24-21(29)16-11-17(22(30)31-3)28(25-16)12-15-10-18(32-26-15)19-4-5-20(23)33-19/h4-5,10-11,13-14H,6-9,12H2,1-3H3,(H,24,29). The van der Waals surface area contributed by atoms with E-state index in [1.54, 1.807) is 12.1 Å². The van der Waals surface area contributed by atoms with Crippen molar-refractivity contribution in [3.05, 3.63) is 45.7 Å². The van der Waals surface area contributed by atoms with Crippen LogP contribution in [0.25, 0.3) is 10.6 Å². The van der Waals surface area contributed by atoms with Gasteiger partial charge in [0.25, 0.3) is 5.91 Å². The number of halogens is 1. The van der Waals surface area contributed by atoms with E-state index in [0.717, 1.165) is 30.8 Å². The minimum atomic E-state index is -0.583. The van der Waals surface area contributed by atoms with Crippen LogP contribution in [0.4, 0.5) is 0 Å². The maximum Gasteiger partial charge on any atom is 0.356 e. The molecule has 0 aliphatic carbocycles. The largest absolute Gasteiger partial charge is 0.464 e. The zero-order chi connectivity index (χ0) is 23.5. The molecular formula is C22H26ClN5O4S. The summed E-state index contributed by atoms with van der Waals surface area (Å²) in [7, 11) is 1.29. The van der Waals surface area contributed by atoms with Gasteiger partial charge in [0.1, 0.15) is 11.4 Å². The lowest BCUT2D eigenvalue weighted by Gasteiger charge is -2.34. The third kappa shape index (κ3) is 5.45. The summed E-state index contributed by atoms with van der Waals surface area (Å²) in [5, 5.41) is 11.5. The average Bonchev–Trinajstić information content (AvgIpc) is 3.54. The fourth-order valence-electron chi connectivity index (χ4n) is 3.84. The fraction of sp³-hybridized carbons (Fsp3) is 0.455. The van der Waals surface area contributed by atoms with Gasteiger partial charge in [0.15, 0.2) is 11.5 Å². The second-order valence-electron chi connectivity index (χ2n) is 8.23. The summed E-state index contributed by atoms with van der Waals surface area (Å²) < 4.78 is 12.3. The van der Waals surface area contributed by atoms with Crippen molar-refractivity contribution in [1.29, 1.82) is 0 Å². The van der Waals surface area contributed by atoms with Gasteiger partial charge in [-0.1, -0.05) is 16.8 Å². The number of thiophene rings is 1. The van der Waals surface area contributed by atoms with Crippen LogP contribution in [0.2, 0.25) is 4.34 Å². The number of likely N-dealkylation sites (tertiary alicyclic amines) is 1. The Morgan fingerprint density at radius 1 is 1.30 bits per heavy atom. The molecule has 1 amide bonds. The molecule has 0 bridgehead atoms. The van der Waals surface area contributed by atoms with Crippen molar-refractivity contribution in [3.8, 4) is 10.6 Å². The molecular weight excluding hydrogens is 466 g/mol. The summed E-state index contributed by atoms with van der Waals surface area (Å²) in [5.41, 5.74) is 0.882. The van der Waals surface area contributed by atoms with E-state index < -0.39 is 5.97 Å². The van der Waals surface area contributed by atoms with Crippen molar-refractivity contribution < 1.29 is 18.8 Å². The summed E-state index contributed by atoms with van der Waals surface area (Å²) in [6.07, 6.45) is 1.76. The minimum absolute atomic E-state index is 0.0787. The molecule has 0 unspecified atom stereocenters. The molecule has 4 rings (SSSR count). The molecule has 0 aromatic carbocycles. The van der Waals surface area contributed by atoms with Crippen molar-refractivity contribution >= 4 is 34.8 Å². The molecule has 1 fully saturated rings. The Bertz CT molecular complexity index is 1130. The molecule has 4 heterocycles. The molecule has 33 heavy (non-hydrogen) atoms. The van der Waals surface area contributed by atoms with E-state index in [-0.39, 0.29) is 29.9 Å². The van der Waals surface area contributed by atoms with Crippen LogP contribution in [0.15, 0.2) is 28.8 Å². The van der Waals surface area contributed by atoms with Crippen molar-refractivity contribution in [1.82, 2.24) is 25.2 Å². The fourth-order valence-corrected chi connectivity index (χ4v) is 4.83. The van der Waals surface area contributed by atoms with Crippen LogP contribution >= 0.6 is 22.9 Å². The number of esters is 1. The zero-order valence-corrected chi connectivity index (χ0v) is 20.3. The number of carbonyl (C=O) groups is 2. The summed E-state index contributed by atoms with van der Waals surface area (Å²) in [5.74, 6) is -0.323. The van der Waals surface area contributed by atoms with Crippen molar-refractivity contribution in [2.45, 2.75) is 45.3 Å². The molecule has 3 aromatic rings. The lowest BCUT2D eigenvalue weighted by atomic mass is 10.0. The van der Waals surface area contributed by atoms with Gasteiger partial charge in [-0.25, -0.2) is 4.79 Å². The van der Waals surface area contributed by atoms with E-state index in [0.29, 0.717) is 21.8 Å². The number of hydrogen-bond acceptors (Lipinski definition) is 8. The van der Waals surface area contributed by atoms with Crippen LogP contribution in [0.5, 0.6) is 0 Å². The zero-order valence-electron chi connectivity index (χ0n) is 18.7. The van der Waals surface area contributed by atoms with Gasteiger partial charge >= 0.3 is 5.97 Å². The number of nitrogens with one attached hydrogen (secondary N) is 1. The average molecular weight is 492 g/mol. The Kier molecular flexibility index (Phi) is 7.16. The maximum atomic E-state index is 12.9. The minimum Gasteiger partial charge on any atom is -0.464 e. The van der Waals surface area contributed by atoms with Crippen molar-refractivity contribution in [2.75, 3.05) is 20.2 Å². The number of hydrogen-bond donors (Lipinski definition) is 1. The number of rotatable bonds is 7. The summed E-state index contributed by atoms with van der Waals surface area (Å²) in [6, 6.07) is 7.41. The Morgan fingerprint density at radius 2 is 2.06 bits per heavy atom. The van der Waals surface area contributed by atoms with Gasteiger partial charge in [-0.05, 0) is 38.8 Å². The van der Waals surface area contributed by atoms with Crippen LogP contribution in [-0.2, 0) is 11.3 Å². The lowest BCUT2D eigenvalue weighted by molar-refractivity contribution is 0.0587. The lowest BCUT2D eigenvalue weighted by Crippen LogP contribution is -2.46. The Labute approximate surface area is 200 Å². The van der Waals surface area contributed by atoms with Gasteiger partial charge in [0.2, 0.25) is 0 Å². The van der Waals surface area contributed by atoms with Gasteiger partial charge in [0.05, 0.1) is 22.9 Å². The second-order valence-corrected chi connectivity index (χ2v) is 9.94. The molecule has 0 radical (unpaired) electrons. The summed E-state index contributed by atoms with van der Waals surface area (Å²) >= 11 is 7.37. The highest BCUT2D eigenvalue weighted by atomic mass is 35.5. The monoisotopic (exact) mass is 491 g/mol. The van der Waals surface area contributed by atoms with E-state index >= 15 is 0 Å². The quantitative estimate of drug-likeness (QED) is 0.503. The number of amides is 1. The molecule has 1 aliphatic heterocycles. The van der Waals surface area contributed by atoms with E-state index in [1.807, 2.05) is 6.07 Å².